The van der Waals surface area contributed by atoms with E-state index in [0.29, 0.717) is 0 Å². The van der Waals surface area contributed by atoms with Crippen molar-refractivity contribution in [2.24, 2.45) is 0 Å². The molecule has 0 unspecified atom stereocenters. The van der Waals surface area contributed by atoms with Crippen molar-refractivity contribution >= 4 is 28.2 Å². The van der Waals surface area contributed by atoms with Crippen LogP contribution in [0.4, 0.5) is 5.69 Å². The first kappa shape index (κ1) is 13.1. The molecule has 0 aliphatic rings. The second-order valence-corrected chi connectivity index (χ2v) is 4.98. The highest BCUT2D eigenvalue weighted by molar-refractivity contribution is 6.31. The number of halogens is 1. The van der Waals surface area contributed by atoms with Crippen LogP contribution in [-0.2, 0) is 6.42 Å². The molecule has 0 spiro atoms. The van der Waals surface area contributed by atoms with E-state index in [0.717, 1.165) is 34.6 Å². The van der Waals surface area contributed by atoms with Gasteiger partial charge in [-0.25, -0.2) is 0 Å². The molecule has 18 heavy (non-hydrogen) atoms. The van der Waals surface area contributed by atoms with Crippen LogP contribution in [0.15, 0.2) is 24.3 Å². The Kier molecular flexibility index (Phi) is 4.04. The highest BCUT2D eigenvalue weighted by Crippen LogP contribution is 2.27. The third kappa shape index (κ3) is 2.74. The lowest BCUT2D eigenvalue weighted by atomic mass is 10.1. The van der Waals surface area contributed by atoms with Gasteiger partial charge in [0.05, 0.1) is 5.52 Å². The van der Waals surface area contributed by atoms with Crippen molar-refractivity contribution in [1.29, 1.82) is 0 Å². The van der Waals surface area contributed by atoms with Crippen LogP contribution in [0, 0.1) is 0 Å². The Labute approximate surface area is 113 Å². The number of rotatable bonds is 4. The molecule has 1 aromatic carbocycles. The van der Waals surface area contributed by atoms with Gasteiger partial charge in [0, 0.05) is 48.9 Å². The zero-order chi connectivity index (χ0) is 13.1. The zero-order valence-corrected chi connectivity index (χ0v) is 11.8. The second kappa shape index (κ2) is 5.55. The van der Waals surface area contributed by atoms with Gasteiger partial charge in [0.1, 0.15) is 0 Å². The van der Waals surface area contributed by atoms with Gasteiger partial charge in [-0.3, -0.25) is 4.98 Å². The van der Waals surface area contributed by atoms with E-state index >= 15 is 0 Å². The van der Waals surface area contributed by atoms with Crippen molar-refractivity contribution in [3.05, 3.63) is 35.0 Å². The first-order valence-corrected chi connectivity index (χ1v) is 6.40. The second-order valence-electron chi connectivity index (χ2n) is 4.54. The summed E-state index contributed by atoms with van der Waals surface area (Å²) in [6.45, 7) is 0.923. The lowest BCUT2D eigenvalue weighted by Crippen LogP contribution is -2.13. The average Bonchev–Trinajstić information content (AvgIpc) is 2.34. The van der Waals surface area contributed by atoms with Gasteiger partial charge in [-0.05, 0) is 31.3 Å². The fraction of sp³-hybridized carbons (Fsp3) is 0.357. The molecular weight excluding hydrogens is 246 g/mol. The van der Waals surface area contributed by atoms with Crippen LogP contribution in [0.5, 0.6) is 0 Å². The van der Waals surface area contributed by atoms with Crippen LogP contribution in [0.3, 0.4) is 0 Å². The monoisotopic (exact) mass is 263 g/mol. The van der Waals surface area contributed by atoms with Crippen molar-refractivity contribution in [2.45, 2.75) is 6.42 Å². The van der Waals surface area contributed by atoms with E-state index in [4.69, 9.17) is 11.6 Å². The molecule has 96 valence electrons. The summed E-state index contributed by atoms with van der Waals surface area (Å²) < 4.78 is 0. The molecule has 0 radical (unpaired) electrons. The number of benzene rings is 1. The van der Waals surface area contributed by atoms with Crippen molar-refractivity contribution in [3.63, 3.8) is 0 Å². The molecule has 1 aromatic heterocycles. The SMILES string of the molecule is CNCCc1cc(N(C)C)c2ccc(Cl)cc2n1. The Bertz CT molecular complexity index is 552. The van der Waals surface area contributed by atoms with E-state index in [1.54, 1.807) is 0 Å². The Morgan fingerprint density at radius 1 is 1.28 bits per heavy atom. The number of anilines is 1. The van der Waals surface area contributed by atoms with Crippen LogP contribution >= 0.6 is 11.6 Å². The lowest BCUT2D eigenvalue weighted by Gasteiger charge is -2.17. The number of nitrogens with one attached hydrogen (secondary N) is 1. The van der Waals surface area contributed by atoms with E-state index in [9.17, 15) is 0 Å². The minimum absolute atomic E-state index is 0.727. The van der Waals surface area contributed by atoms with Crippen molar-refractivity contribution in [2.75, 3.05) is 32.6 Å². The van der Waals surface area contributed by atoms with Crippen LogP contribution in [-0.4, -0.2) is 32.7 Å². The predicted molar refractivity (Wildman–Crippen MR) is 78.7 cm³/mol. The molecule has 1 N–H and O–H groups in total. The fourth-order valence-electron chi connectivity index (χ4n) is 1.99. The molecule has 3 nitrogen and oxygen atoms in total. The molecule has 0 aliphatic heterocycles. The Hall–Kier alpha value is -1.32. The molecule has 0 saturated carbocycles. The first-order chi connectivity index (χ1) is 8.61. The molecule has 4 heteroatoms. The Morgan fingerprint density at radius 3 is 2.72 bits per heavy atom. The zero-order valence-electron chi connectivity index (χ0n) is 11.0. The fourth-order valence-corrected chi connectivity index (χ4v) is 2.15. The first-order valence-electron chi connectivity index (χ1n) is 6.03. The molecule has 0 fully saturated rings. The molecule has 0 atom stereocenters. The van der Waals surface area contributed by atoms with E-state index in [2.05, 4.69) is 21.3 Å². The normalized spacial score (nSPS) is 10.9. The van der Waals surface area contributed by atoms with E-state index in [1.807, 2.05) is 39.3 Å². The number of likely N-dealkylation sites (N-methyl/N-ethyl adjacent to an activating group) is 1. The smallest absolute Gasteiger partial charge is 0.0740 e. The lowest BCUT2D eigenvalue weighted by molar-refractivity contribution is 0.779. The number of aromatic nitrogens is 1. The summed E-state index contributed by atoms with van der Waals surface area (Å²) in [7, 11) is 6.04. The van der Waals surface area contributed by atoms with Gasteiger partial charge in [-0.2, -0.15) is 0 Å². The molecule has 2 aromatic rings. The summed E-state index contributed by atoms with van der Waals surface area (Å²) in [6.07, 6.45) is 0.916. The summed E-state index contributed by atoms with van der Waals surface area (Å²) in [5.41, 5.74) is 3.23. The molecule has 0 aliphatic carbocycles. The number of pyridine rings is 1. The number of fused-ring (bicyclic) bond motifs is 1. The van der Waals surface area contributed by atoms with E-state index in [-0.39, 0.29) is 0 Å². The van der Waals surface area contributed by atoms with Gasteiger partial charge < -0.3 is 10.2 Å². The molecule has 0 saturated heterocycles. The Balaban J connectivity index is 2.55. The van der Waals surface area contributed by atoms with Crippen LogP contribution < -0.4 is 10.2 Å². The number of nitrogens with zero attached hydrogens (tertiary/aromatic N) is 2. The highest BCUT2D eigenvalue weighted by Gasteiger charge is 2.07. The summed E-state index contributed by atoms with van der Waals surface area (Å²) in [5, 5.41) is 5.01. The van der Waals surface area contributed by atoms with Crippen LogP contribution in [0.2, 0.25) is 5.02 Å². The maximum absolute atomic E-state index is 6.04. The third-order valence-electron chi connectivity index (χ3n) is 2.92. The molecule has 0 bridgehead atoms. The van der Waals surface area contributed by atoms with Crippen LogP contribution in [0.1, 0.15) is 5.69 Å². The van der Waals surface area contributed by atoms with Gasteiger partial charge in [-0.15, -0.1) is 0 Å². The highest BCUT2D eigenvalue weighted by atomic mass is 35.5. The summed E-state index contributed by atoms with van der Waals surface area (Å²) in [5.74, 6) is 0. The quantitative estimate of drug-likeness (QED) is 0.919. The summed E-state index contributed by atoms with van der Waals surface area (Å²) in [4.78, 5) is 6.78. The molecule has 0 amide bonds. The topological polar surface area (TPSA) is 28.2 Å². The average molecular weight is 264 g/mol. The minimum Gasteiger partial charge on any atom is -0.377 e. The van der Waals surface area contributed by atoms with Gasteiger partial charge in [0.2, 0.25) is 0 Å². The van der Waals surface area contributed by atoms with E-state index < -0.39 is 0 Å². The standard InChI is InChI=1S/C14H18ClN3/c1-16-7-6-11-9-14(18(2)3)12-5-4-10(15)8-13(12)17-11/h4-5,8-9,16H,6-7H2,1-3H3. The maximum atomic E-state index is 6.04. The maximum Gasteiger partial charge on any atom is 0.0740 e. The van der Waals surface area contributed by atoms with E-state index in [1.165, 1.54) is 5.69 Å². The summed E-state index contributed by atoms with van der Waals surface area (Å²) in [6, 6.07) is 8.01. The van der Waals surface area contributed by atoms with Gasteiger partial charge >= 0.3 is 0 Å². The van der Waals surface area contributed by atoms with Crippen molar-refractivity contribution in [3.8, 4) is 0 Å². The minimum atomic E-state index is 0.727. The van der Waals surface area contributed by atoms with Gasteiger partial charge in [-0.1, -0.05) is 11.6 Å². The number of hydrogen-bond acceptors (Lipinski definition) is 3. The Morgan fingerprint density at radius 2 is 2.06 bits per heavy atom. The molecule has 1 heterocycles. The van der Waals surface area contributed by atoms with Gasteiger partial charge in [0.15, 0.2) is 0 Å². The van der Waals surface area contributed by atoms with Crippen LogP contribution in [0.25, 0.3) is 10.9 Å². The largest absolute Gasteiger partial charge is 0.377 e. The molecule has 2 rings (SSSR count). The van der Waals surface area contributed by atoms with Crippen molar-refractivity contribution in [1.82, 2.24) is 10.3 Å². The molecular formula is C14H18ClN3. The number of hydrogen-bond donors (Lipinski definition) is 1. The summed E-state index contributed by atoms with van der Waals surface area (Å²) >= 11 is 6.04. The van der Waals surface area contributed by atoms with Crippen molar-refractivity contribution < 1.29 is 0 Å². The van der Waals surface area contributed by atoms with Gasteiger partial charge in [0.25, 0.3) is 0 Å². The third-order valence-corrected chi connectivity index (χ3v) is 3.15. The predicted octanol–water partition coefficient (Wildman–Crippen LogP) is 2.72.